The lowest BCUT2D eigenvalue weighted by Gasteiger charge is -2.32. The molecular weight excluding hydrogens is 267 g/mol. The van der Waals surface area contributed by atoms with Crippen LogP contribution in [-0.2, 0) is 15.7 Å². The maximum atomic E-state index is 12.6. The highest BCUT2D eigenvalue weighted by Gasteiger charge is 2.52. The number of aromatic nitrogens is 1. The highest BCUT2D eigenvalue weighted by Crippen LogP contribution is 2.36. The Morgan fingerprint density at radius 2 is 1.75 bits per heavy atom. The topological polar surface area (TPSA) is 51.3 Å². The molecule has 0 spiro atoms. The Kier molecular flexibility index (Phi) is 3.77. The highest BCUT2D eigenvalue weighted by molar-refractivity contribution is 6.62. The lowest BCUT2D eigenvalue weighted by atomic mass is 9.77. The van der Waals surface area contributed by atoms with Gasteiger partial charge in [0.05, 0.1) is 11.2 Å². The predicted octanol–water partition coefficient (Wildman–Crippen LogP) is 1.48. The van der Waals surface area contributed by atoms with Crippen molar-refractivity contribution >= 4 is 12.6 Å². The van der Waals surface area contributed by atoms with Crippen LogP contribution < -0.4 is 11.0 Å². The fourth-order valence-corrected chi connectivity index (χ4v) is 2.04. The second-order valence-corrected chi connectivity index (χ2v) is 5.94. The molecule has 1 N–H and O–H groups in total. The molecule has 0 amide bonds. The fraction of sp³-hybridized carbons (Fsp3) is 0.615. The van der Waals surface area contributed by atoms with Crippen molar-refractivity contribution in [3.05, 3.63) is 28.2 Å². The summed E-state index contributed by atoms with van der Waals surface area (Å²) < 4.78 is 36.9. The lowest BCUT2D eigenvalue weighted by Crippen LogP contribution is -2.41. The molecule has 2 rings (SSSR count). The molecule has 1 aliphatic heterocycles. The van der Waals surface area contributed by atoms with Crippen molar-refractivity contribution in [2.75, 3.05) is 0 Å². The van der Waals surface area contributed by atoms with Crippen molar-refractivity contribution in [2.24, 2.45) is 0 Å². The Hall–Kier alpha value is -1.21. The number of nitrogens with one attached hydrogen (secondary N) is 1. The normalized spacial score (nSPS) is 20.6. The first-order valence-corrected chi connectivity index (χ1v) is 6.48. The fourth-order valence-electron chi connectivity index (χ4n) is 2.04. The zero-order valence-electron chi connectivity index (χ0n) is 12.0. The molecule has 110 valence electrons. The molecular formula is C13H18BF2NO3. The summed E-state index contributed by atoms with van der Waals surface area (Å²) in [6.45, 7) is 7.52. The van der Waals surface area contributed by atoms with Crippen LogP contribution in [0.1, 0.15) is 33.4 Å². The maximum absolute atomic E-state index is 12.6. The molecule has 7 heteroatoms. The van der Waals surface area contributed by atoms with E-state index in [1.54, 1.807) is 0 Å². The number of hydrogen-bond donors (Lipinski definition) is 1. The SMILES string of the molecule is CC1(C)OB(c2ccc(=O)[nH]c2CC(F)F)OC1(C)C. The van der Waals surface area contributed by atoms with E-state index in [1.165, 1.54) is 12.1 Å². The molecule has 0 aliphatic carbocycles. The van der Waals surface area contributed by atoms with E-state index in [9.17, 15) is 13.6 Å². The van der Waals surface area contributed by atoms with Gasteiger partial charge in [0.25, 0.3) is 0 Å². The van der Waals surface area contributed by atoms with E-state index < -0.39 is 36.7 Å². The second kappa shape index (κ2) is 4.97. The van der Waals surface area contributed by atoms with E-state index >= 15 is 0 Å². The van der Waals surface area contributed by atoms with Gasteiger partial charge in [0.1, 0.15) is 0 Å². The Morgan fingerprint density at radius 3 is 2.25 bits per heavy atom. The van der Waals surface area contributed by atoms with E-state index in [4.69, 9.17) is 9.31 Å². The molecule has 0 saturated carbocycles. The summed E-state index contributed by atoms with van der Waals surface area (Å²) in [4.78, 5) is 13.8. The molecule has 1 aromatic heterocycles. The number of H-pyrrole nitrogens is 1. The molecule has 0 unspecified atom stereocenters. The van der Waals surface area contributed by atoms with Gasteiger partial charge in [-0.2, -0.15) is 0 Å². The maximum Gasteiger partial charge on any atom is 0.496 e. The molecule has 4 nitrogen and oxygen atoms in total. The number of hydrogen-bond acceptors (Lipinski definition) is 3. The molecule has 1 fully saturated rings. The highest BCUT2D eigenvalue weighted by atomic mass is 19.3. The number of alkyl halides is 2. The summed E-state index contributed by atoms with van der Waals surface area (Å²) in [6, 6.07) is 2.77. The van der Waals surface area contributed by atoms with Crippen LogP contribution in [0.3, 0.4) is 0 Å². The first kappa shape index (κ1) is 15.2. The third kappa shape index (κ3) is 2.78. The van der Waals surface area contributed by atoms with Crippen LogP contribution in [0.2, 0.25) is 0 Å². The molecule has 2 heterocycles. The monoisotopic (exact) mass is 285 g/mol. The van der Waals surface area contributed by atoms with Gasteiger partial charge in [-0.25, -0.2) is 8.78 Å². The Morgan fingerprint density at radius 1 is 1.20 bits per heavy atom. The minimum absolute atomic E-state index is 0.158. The van der Waals surface area contributed by atoms with E-state index in [0.717, 1.165) is 0 Å². The standard InChI is InChI=1S/C13H18BF2NO3/c1-12(2)13(3,4)20-14(19-12)8-5-6-11(18)17-9(8)7-10(15)16/h5-6,10H,7H2,1-4H3,(H,17,18). The van der Waals surface area contributed by atoms with Crippen molar-refractivity contribution in [1.29, 1.82) is 0 Å². The van der Waals surface area contributed by atoms with Crippen LogP contribution in [0.25, 0.3) is 0 Å². The summed E-state index contributed by atoms with van der Waals surface area (Å²) in [5.74, 6) is 0. The molecule has 1 aromatic rings. The molecule has 0 aromatic carbocycles. The quantitative estimate of drug-likeness (QED) is 0.856. The minimum Gasteiger partial charge on any atom is -0.399 e. The van der Waals surface area contributed by atoms with Gasteiger partial charge in [-0.1, -0.05) is 6.07 Å². The van der Waals surface area contributed by atoms with Gasteiger partial charge in [0.15, 0.2) is 0 Å². The third-order valence-electron chi connectivity index (χ3n) is 3.90. The molecule has 20 heavy (non-hydrogen) atoms. The average molecular weight is 285 g/mol. The molecule has 0 bridgehead atoms. The van der Waals surface area contributed by atoms with Crippen LogP contribution in [0.4, 0.5) is 8.78 Å². The Bertz CT molecular complexity index is 541. The van der Waals surface area contributed by atoms with E-state index in [1.807, 2.05) is 27.7 Å². The van der Waals surface area contributed by atoms with E-state index in [2.05, 4.69) is 4.98 Å². The van der Waals surface area contributed by atoms with Crippen molar-refractivity contribution < 1.29 is 18.1 Å². The number of aromatic amines is 1. The molecule has 0 atom stereocenters. The Labute approximate surface area is 116 Å². The van der Waals surface area contributed by atoms with Gasteiger partial charge in [-0.3, -0.25) is 4.79 Å². The molecule has 1 aliphatic rings. The van der Waals surface area contributed by atoms with Gasteiger partial charge >= 0.3 is 7.12 Å². The second-order valence-electron chi connectivity index (χ2n) is 5.94. The minimum atomic E-state index is -2.55. The third-order valence-corrected chi connectivity index (χ3v) is 3.90. The summed E-state index contributed by atoms with van der Waals surface area (Å²) in [7, 11) is -0.759. The van der Waals surface area contributed by atoms with Crippen LogP contribution in [0.15, 0.2) is 16.9 Å². The summed E-state index contributed by atoms with van der Waals surface area (Å²) in [5, 5.41) is 0. The van der Waals surface area contributed by atoms with Gasteiger partial charge in [0, 0.05) is 23.6 Å². The number of halogens is 2. The first-order valence-electron chi connectivity index (χ1n) is 6.48. The average Bonchev–Trinajstić information content (AvgIpc) is 2.46. The molecule has 0 radical (unpaired) electrons. The Balaban J connectivity index is 2.37. The number of pyridine rings is 1. The zero-order valence-corrected chi connectivity index (χ0v) is 12.0. The summed E-state index contributed by atoms with van der Waals surface area (Å²) in [6.07, 6.45) is -3.08. The first-order chi connectivity index (χ1) is 9.12. The smallest absolute Gasteiger partial charge is 0.399 e. The predicted molar refractivity (Wildman–Crippen MR) is 72.5 cm³/mol. The van der Waals surface area contributed by atoms with Crippen molar-refractivity contribution in [3.63, 3.8) is 0 Å². The van der Waals surface area contributed by atoms with Crippen LogP contribution >= 0.6 is 0 Å². The van der Waals surface area contributed by atoms with Gasteiger partial charge in [-0.05, 0) is 27.7 Å². The summed E-state index contributed by atoms with van der Waals surface area (Å²) >= 11 is 0. The number of rotatable bonds is 3. The van der Waals surface area contributed by atoms with Gasteiger partial charge < -0.3 is 14.3 Å². The summed E-state index contributed by atoms with van der Waals surface area (Å²) in [5.41, 5.74) is -0.929. The van der Waals surface area contributed by atoms with Gasteiger partial charge in [0.2, 0.25) is 12.0 Å². The van der Waals surface area contributed by atoms with Crippen molar-refractivity contribution in [2.45, 2.75) is 51.7 Å². The lowest BCUT2D eigenvalue weighted by molar-refractivity contribution is 0.00578. The van der Waals surface area contributed by atoms with E-state index in [-0.39, 0.29) is 5.69 Å². The van der Waals surface area contributed by atoms with Gasteiger partial charge in [-0.15, -0.1) is 0 Å². The van der Waals surface area contributed by atoms with Crippen LogP contribution in [0, 0.1) is 0 Å². The molecule has 1 saturated heterocycles. The zero-order chi connectivity index (χ0) is 15.1. The van der Waals surface area contributed by atoms with Crippen LogP contribution in [-0.4, -0.2) is 29.7 Å². The van der Waals surface area contributed by atoms with Crippen molar-refractivity contribution in [1.82, 2.24) is 4.98 Å². The van der Waals surface area contributed by atoms with E-state index in [0.29, 0.717) is 5.46 Å². The van der Waals surface area contributed by atoms with Crippen molar-refractivity contribution in [3.8, 4) is 0 Å². The largest absolute Gasteiger partial charge is 0.496 e. The van der Waals surface area contributed by atoms with Crippen LogP contribution in [0.5, 0.6) is 0 Å².